The van der Waals surface area contributed by atoms with E-state index in [0.717, 1.165) is 29.0 Å². The fourth-order valence-corrected chi connectivity index (χ4v) is 2.90. The van der Waals surface area contributed by atoms with Gasteiger partial charge in [-0.15, -0.1) is 0 Å². The van der Waals surface area contributed by atoms with Crippen LogP contribution in [0.25, 0.3) is 0 Å². The molecule has 4 nitrogen and oxygen atoms in total. The average Bonchev–Trinajstić information content (AvgIpc) is 2.78. The lowest BCUT2D eigenvalue weighted by Crippen LogP contribution is -2.39. The molecule has 0 radical (unpaired) electrons. The maximum atomic E-state index is 4.42. The molecule has 17 heavy (non-hydrogen) atoms. The molecule has 1 aliphatic heterocycles. The summed E-state index contributed by atoms with van der Waals surface area (Å²) in [5.41, 5.74) is 0. The lowest BCUT2D eigenvalue weighted by Gasteiger charge is -2.26. The number of aromatic nitrogens is 2. The Morgan fingerprint density at radius 2 is 2.47 bits per heavy atom. The van der Waals surface area contributed by atoms with Crippen LogP contribution in [-0.4, -0.2) is 35.6 Å². The van der Waals surface area contributed by atoms with Gasteiger partial charge in [0.15, 0.2) is 0 Å². The number of rotatable bonds is 5. The molecular formula is C12H19IN4. The fraction of sp³-hybridized carbons (Fsp3) is 0.667. The Morgan fingerprint density at radius 3 is 3.24 bits per heavy atom. The first-order valence-corrected chi connectivity index (χ1v) is 7.33. The largest absolute Gasteiger partial charge is 0.351 e. The molecule has 1 N–H and O–H groups in total. The van der Waals surface area contributed by atoms with Crippen LogP contribution in [0, 0.1) is 3.57 Å². The van der Waals surface area contributed by atoms with Crippen LogP contribution in [0.3, 0.4) is 0 Å². The van der Waals surface area contributed by atoms with Gasteiger partial charge in [-0.2, -0.15) is 0 Å². The van der Waals surface area contributed by atoms with E-state index < -0.39 is 0 Å². The maximum absolute atomic E-state index is 4.42. The highest BCUT2D eigenvalue weighted by molar-refractivity contribution is 14.1. The Hall–Kier alpha value is -0.430. The molecular weight excluding hydrogens is 327 g/mol. The van der Waals surface area contributed by atoms with Crippen molar-refractivity contribution in [3.8, 4) is 0 Å². The number of anilines is 1. The standard InChI is InChI=1S/C12H19IN4/c1-2-5-14-7-10-4-3-6-17(10)12-11(13)8-15-9-16-12/h8-10,14H,2-7H2,1H3. The smallest absolute Gasteiger partial charge is 0.145 e. The highest BCUT2D eigenvalue weighted by atomic mass is 127. The van der Waals surface area contributed by atoms with Gasteiger partial charge in [-0.05, 0) is 48.4 Å². The van der Waals surface area contributed by atoms with E-state index in [1.165, 1.54) is 19.3 Å². The molecule has 0 aromatic carbocycles. The van der Waals surface area contributed by atoms with Crippen molar-refractivity contribution >= 4 is 28.4 Å². The van der Waals surface area contributed by atoms with Crippen LogP contribution < -0.4 is 10.2 Å². The van der Waals surface area contributed by atoms with Gasteiger partial charge >= 0.3 is 0 Å². The van der Waals surface area contributed by atoms with Crippen molar-refractivity contribution in [2.45, 2.75) is 32.2 Å². The highest BCUT2D eigenvalue weighted by Crippen LogP contribution is 2.26. The molecule has 1 aromatic rings. The molecule has 0 aliphatic carbocycles. The Morgan fingerprint density at radius 1 is 1.59 bits per heavy atom. The number of hydrogen-bond acceptors (Lipinski definition) is 4. The topological polar surface area (TPSA) is 41.0 Å². The molecule has 1 atom stereocenters. The van der Waals surface area contributed by atoms with Gasteiger partial charge in [0.2, 0.25) is 0 Å². The number of hydrogen-bond donors (Lipinski definition) is 1. The van der Waals surface area contributed by atoms with Crippen molar-refractivity contribution < 1.29 is 0 Å². The Kier molecular flexibility index (Phi) is 4.97. The van der Waals surface area contributed by atoms with E-state index in [1.807, 2.05) is 6.20 Å². The van der Waals surface area contributed by atoms with E-state index in [2.05, 4.69) is 49.7 Å². The molecule has 1 saturated heterocycles. The fourth-order valence-electron chi connectivity index (χ4n) is 2.29. The van der Waals surface area contributed by atoms with E-state index in [0.29, 0.717) is 6.04 Å². The molecule has 2 heterocycles. The second kappa shape index (κ2) is 6.49. The van der Waals surface area contributed by atoms with Crippen LogP contribution >= 0.6 is 22.6 Å². The number of halogens is 1. The van der Waals surface area contributed by atoms with Crippen LogP contribution in [0.15, 0.2) is 12.5 Å². The predicted molar refractivity (Wildman–Crippen MR) is 78.3 cm³/mol. The molecule has 2 rings (SSSR count). The normalized spacial score (nSPS) is 19.9. The monoisotopic (exact) mass is 346 g/mol. The summed E-state index contributed by atoms with van der Waals surface area (Å²) < 4.78 is 1.15. The third kappa shape index (κ3) is 3.28. The van der Waals surface area contributed by atoms with Crippen LogP contribution in [0.4, 0.5) is 5.82 Å². The first-order chi connectivity index (χ1) is 8.33. The summed E-state index contributed by atoms with van der Waals surface area (Å²) >= 11 is 2.32. The zero-order valence-corrected chi connectivity index (χ0v) is 12.4. The summed E-state index contributed by atoms with van der Waals surface area (Å²) in [6, 6.07) is 0.588. The van der Waals surface area contributed by atoms with Gasteiger partial charge in [0.05, 0.1) is 3.57 Å². The third-order valence-corrected chi connectivity index (χ3v) is 3.87. The Labute approximate surface area is 116 Å². The Bertz CT molecular complexity index is 358. The lowest BCUT2D eigenvalue weighted by molar-refractivity contribution is 0.568. The zero-order valence-electron chi connectivity index (χ0n) is 10.2. The van der Waals surface area contributed by atoms with Crippen LogP contribution in [0.5, 0.6) is 0 Å². The minimum absolute atomic E-state index is 0.588. The van der Waals surface area contributed by atoms with Crippen molar-refractivity contribution in [1.29, 1.82) is 0 Å². The van der Waals surface area contributed by atoms with Crippen molar-refractivity contribution in [3.63, 3.8) is 0 Å². The first-order valence-electron chi connectivity index (χ1n) is 6.25. The molecule has 5 heteroatoms. The van der Waals surface area contributed by atoms with E-state index in [1.54, 1.807) is 6.33 Å². The SMILES string of the molecule is CCCNCC1CCCN1c1ncncc1I. The molecule has 1 fully saturated rings. The summed E-state index contributed by atoms with van der Waals surface area (Å²) in [5, 5.41) is 3.51. The zero-order chi connectivity index (χ0) is 12.1. The molecule has 1 aromatic heterocycles. The minimum Gasteiger partial charge on any atom is -0.351 e. The predicted octanol–water partition coefficient (Wildman–Crippen LogP) is 2.05. The van der Waals surface area contributed by atoms with Crippen molar-refractivity contribution in [2.75, 3.05) is 24.5 Å². The average molecular weight is 346 g/mol. The number of nitrogens with zero attached hydrogens (tertiary/aromatic N) is 3. The van der Waals surface area contributed by atoms with Gasteiger partial charge in [-0.3, -0.25) is 0 Å². The molecule has 94 valence electrons. The summed E-state index contributed by atoms with van der Waals surface area (Å²) in [5.74, 6) is 1.10. The maximum Gasteiger partial charge on any atom is 0.145 e. The third-order valence-electron chi connectivity index (χ3n) is 3.10. The summed E-state index contributed by atoms with van der Waals surface area (Å²) in [6.45, 7) is 5.48. The molecule has 0 spiro atoms. The van der Waals surface area contributed by atoms with Crippen LogP contribution in [0.2, 0.25) is 0 Å². The van der Waals surface area contributed by atoms with Crippen LogP contribution in [0.1, 0.15) is 26.2 Å². The summed E-state index contributed by atoms with van der Waals surface area (Å²) in [6.07, 6.45) is 7.25. The second-order valence-electron chi connectivity index (χ2n) is 4.39. The summed E-state index contributed by atoms with van der Waals surface area (Å²) in [4.78, 5) is 10.9. The van der Waals surface area contributed by atoms with E-state index in [9.17, 15) is 0 Å². The van der Waals surface area contributed by atoms with Crippen LogP contribution in [-0.2, 0) is 0 Å². The lowest BCUT2D eigenvalue weighted by atomic mass is 10.2. The Balaban J connectivity index is 2.02. The summed E-state index contributed by atoms with van der Waals surface area (Å²) in [7, 11) is 0. The molecule has 0 bridgehead atoms. The van der Waals surface area contributed by atoms with Gasteiger partial charge in [0.25, 0.3) is 0 Å². The molecule has 0 saturated carbocycles. The van der Waals surface area contributed by atoms with Gasteiger partial charge < -0.3 is 10.2 Å². The van der Waals surface area contributed by atoms with E-state index >= 15 is 0 Å². The number of nitrogens with one attached hydrogen (secondary N) is 1. The first kappa shape index (κ1) is 13.0. The van der Waals surface area contributed by atoms with Crippen molar-refractivity contribution in [2.24, 2.45) is 0 Å². The molecule has 1 aliphatic rings. The van der Waals surface area contributed by atoms with E-state index in [4.69, 9.17) is 0 Å². The second-order valence-corrected chi connectivity index (χ2v) is 5.55. The minimum atomic E-state index is 0.588. The van der Waals surface area contributed by atoms with Crippen molar-refractivity contribution in [1.82, 2.24) is 15.3 Å². The van der Waals surface area contributed by atoms with E-state index in [-0.39, 0.29) is 0 Å². The van der Waals surface area contributed by atoms with Gasteiger partial charge in [-0.1, -0.05) is 6.92 Å². The highest BCUT2D eigenvalue weighted by Gasteiger charge is 2.26. The molecule has 0 amide bonds. The van der Waals surface area contributed by atoms with Crippen molar-refractivity contribution in [3.05, 3.63) is 16.1 Å². The van der Waals surface area contributed by atoms with Gasteiger partial charge in [-0.25, -0.2) is 9.97 Å². The quantitative estimate of drug-likeness (QED) is 0.655. The molecule has 1 unspecified atom stereocenters. The van der Waals surface area contributed by atoms with Gasteiger partial charge in [0, 0.05) is 25.3 Å². The van der Waals surface area contributed by atoms with Gasteiger partial charge in [0.1, 0.15) is 12.1 Å².